The first-order valence-corrected chi connectivity index (χ1v) is 7.62. The zero-order chi connectivity index (χ0) is 16.1. The number of carbonyl (C=O) groups is 1. The van der Waals surface area contributed by atoms with Crippen LogP contribution in [0.2, 0.25) is 0 Å². The first-order valence-electron chi connectivity index (χ1n) is 7.62. The third kappa shape index (κ3) is 3.85. The molecule has 0 atom stereocenters. The third-order valence-corrected chi connectivity index (χ3v) is 3.31. The second kappa shape index (κ2) is 7.07. The fourth-order valence-electron chi connectivity index (χ4n) is 2.32. The lowest BCUT2D eigenvalue weighted by Gasteiger charge is -2.21. The monoisotopic (exact) mass is 297 g/mol. The second-order valence-electron chi connectivity index (χ2n) is 5.62. The molecule has 0 fully saturated rings. The van der Waals surface area contributed by atoms with E-state index in [4.69, 9.17) is 0 Å². The zero-order valence-electron chi connectivity index (χ0n) is 13.6. The summed E-state index contributed by atoms with van der Waals surface area (Å²) in [6, 6.07) is 11.9. The molecular formula is C18H23N3O. The summed E-state index contributed by atoms with van der Waals surface area (Å²) < 4.78 is 0. The van der Waals surface area contributed by atoms with Crippen LogP contribution in [-0.4, -0.2) is 23.5 Å². The van der Waals surface area contributed by atoms with Crippen LogP contribution in [0.15, 0.2) is 42.6 Å². The maximum atomic E-state index is 12.7. The Labute approximate surface area is 132 Å². The van der Waals surface area contributed by atoms with Gasteiger partial charge in [0.2, 0.25) is 0 Å². The molecule has 22 heavy (non-hydrogen) atoms. The number of carbonyl (C=O) groups excluding carboxylic acids is 1. The largest absolute Gasteiger partial charge is 0.382 e. The van der Waals surface area contributed by atoms with Crippen molar-refractivity contribution in [1.82, 2.24) is 4.98 Å². The molecule has 0 spiro atoms. The first kappa shape index (κ1) is 16.0. The highest BCUT2D eigenvalue weighted by atomic mass is 16.2. The molecule has 0 saturated heterocycles. The van der Waals surface area contributed by atoms with Crippen molar-refractivity contribution >= 4 is 17.3 Å². The second-order valence-corrected chi connectivity index (χ2v) is 5.62. The van der Waals surface area contributed by atoms with Crippen molar-refractivity contribution in [3.05, 3.63) is 53.9 Å². The maximum Gasteiger partial charge on any atom is 0.276 e. The first-order chi connectivity index (χ1) is 10.5. The lowest BCUT2D eigenvalue weighted by Crippen LogP contribution is -2.31. The van der Waals surface area contributed by atoms with E-state index in [-0.39, 0.29) is 5.91 Å². The number of aromatic nitrogens is 1. The summed E-state index contributed by atoms with van der Waals surface area (Å²) in [5.41, 5.74) is 3.41. The van der Waals surface area contributed by atoms with Crippen LogP contribution in [0.3, 0.4) is 0 Å². The summed E-state index contributed by atoms with van der Waals surface area (Å²) in [5, 5.41) is 3.27. The number of aryl methyl sites for hydroxylation is 1. The van der Waals surface area contributed by atoms with Gasteiger partial charge >= 0.3 is 0 Å². The summed E-state index contributed by atoms with van der Waals surface area (Å²) in [6.45, 7) is 8.72. The van der Waals surface area contributed by atoms with Gasteiger partial charge in [0.15, 0.2) is 0 Å². The lowest BCUT2D eigenvalue weighted by molar-refractivity contribution is 0.0983. The molecule has 0 unspecified atom stereocenters. The number of hydrogen-bond donors (Lipinski definition) is 1. The van der Waals surface area contributed by atoms with E-state index in [1.165, 1.54) is 0 Å². The SMILES string of the molecule is CCN(C(=O)c1ccc(NC(C)C)cn1)c1cccc(C)c1. The van der Waals surface area contributed by atoms with Gasteiger partial charge in [-0.1, -0.05) is 12.1 Å². The Kier molecular flexibility index (Phi) is 5.15. The fourth-order valence-corrected chi connectivity index (χ4v) is 2.32. The number of nitrogens with one attached hydrogen (secondary N) is 1. The smallest absolute Gasteiger partial charge is 0.276 e. The number of hydrogen-bond acceptors (Lipinski definition) is 3. The van der Waals surface area contributed by atoms with Gasteiger partial charge in [-0.05, 0) is 57.5 Å². The fraction of sp³-hybridized carbons (Fsp3) is 0.333. The van der Waals surface area contributed by atoms with Gasteiger partial charge in [-0.2, -0.15) is 0 Å². The van der Waals surface area contributed by atoms with E-state index in [0.29, 0.717) is 18.3 Å². The van der Waals surface area contributed by atoms with Gasteiger partial charge in [0.1, 0.15) is 5.69 Å². The predicted octanol–water partition coefficient (Wildman–Crippen LogP) is 3.88. The van der Waals surface area contributed by atoms with E-state index in [0.717, 1.165) is 16.9 Å². The van der Waals surface area contributed by atoms with Crippen molar-refractivity contribution in [2.24, 2.45) is 0 Å². The number of amides is 1. The van der Waals surface area contributed by atoms with Crippen LogP contribution in [-0.2, 0) is 0 Å². The Hall–Kier alpha value is -2.36. The van der Waals surface area contributed by atoms with Gasteiger partial charge < -0.3 is 10.2 Å². The van der Waals surface area contributed by atoms with Gasteiger partial charge in [-0.25, -0.2) is 4.98 Å². The molecule has 2 rings (SSSR count). The topological polar surface area (TPSA) is 45.2 Å². The molecular weight excluding hydrogens is 274 g/mol. The molecule has 116 valence electrons. The highest BCUT2D eigenvalue weighted by Crippen LogP contribution is 2.18. The molecule has 0 saturated carbocycles. The minimum Gasteiger partial charge on any atom is -0.382 e. The molecule has 4 heteroatoms. The minimum atomic E-state index is -0.0794. The van der Waals surface area contributed by atoms with Crippen molar-refractivity contribution in [1.29, 1.82) is 0 Å². The number of anilines is 2. The third-order valence-electron chi connectivity index (χ3n) is 3.31. The quantitative estimate of drug-likeness (QED) is 0.911. The molecule has 0 aliphatic heterocycles. The van der Waals surface area contributed by atoms with Crippen molar-refractivity contribution in [2.75, 3.05) is 16.8 Å². The van der Waals surface area contributed by atoms with Gasteiger partial charge in [0.05, 0.1) is 11.9 Å². The van der Waals surface area contributed by atoms with E-state index in [1.807, 2.05) is 44.2 Å². The lowest BCUT2D eigenvalue weighted by atomic mass is 10.2. The minimum absolute atomic E-state index is 0.0794. The van der Waals surface area contributed by atoms with Crippen molar-refractivity contribution in [3.8, 4) is 0 Å². The molecule has 1 N–H and O–H groups in total. The zero-order valence-corrected chi connectivity index (χ0v) is 13.6. The average Bonchev–Trinajstić information content (AvgIpc) is 2.48. The van der Waals surface area contributed by atoms with Crippen molar-refractivity contribution < 1.29 is 4.79 Å². The van der Waals surface area contributed by atoms with E-state index >= 15 is 0 Å². The molecule has 0 aliphatic carbocycles. The Balaban J connectivity index is 2.21. The van der Waals surface area contributed by atoms with E-state index in [9.17, 15) is 4.79 Å². The normalized spacial score (nSPS) is 10.6. The molecule has 2 aromatic rings. The Morgan fingerprint density at radius 1 is 1.27 bits per heavy atom. The van der Waals surface area contributed by atoms with Crippen molar-refractivity contribution in [3.63, 3.8) is 0 Å². The van der Waals surface area contributed by atoms with E-state index < -0.39 is 0 Å². The molecule has 1 aromatic carbocycles. The molecule has 1 aromatic heterocycles. The molecule has 4 nitrogen and oxygen atoms in total. The van der Waals surface area contributed by atoms with Crippen LogP contribution in [0.4, 0.5) is 11.4 Å². The number of nitrogens with zero attached hydrogens (tertiary/aromatic N) is 2. The summed E-state index contributed by atoms with van der Waals surface area (Å²) in [4.78, 5) is 18.7. The number of rotatable bonds is 5. The van der Waals surface area contributed by atoms with Gasteiger partial charge in [0.25, 0.3) is 5.91 Å². The summed E-state index contributed by atoms with van der Waals surface area (Å²) in [6.07, 6.45) is 1.71. The van der Waals surface area contributed by atoms with Crippen molar-refractivity contribution in [2.45, 2.75) is 33.7 Å². The van der Waals surface area contributed by atoms with Crippen LogP contribution in [0.25, 0.3) is 0 Å². The van der Waals surface area contributed by atoms with Gasteiger partial charge in [0, 0.05) is 18.3 Å². The molecule has 0 radical (unpaired) electrons. The molecule has 1 amide bonds. The highest BCUT2D eigenvalue weighted by Gasteiger charge is 2.17. The summed E-state index contributed by atoms with van der Waals surface area (Å²) in [7, 11) is 0. The van der Waals surface area contributed by atoms with Gasteiger partial charge in [-0.15, -0.1) is 0 Å². The Morgan fingerprint density at radius 3 is 2.59 bits per heavy atom. The van der Waals surface area contributed by atoms with Crippen LogP contribution in [0.5, 0.6) is 0 Å². The van der Waals surface area contributed by atoms with Crippen LogP contribution < -0.4 is 10.2 Å². The van der Waals surface area contributed by atoms with Crippen LogP contribution in [0.1, 0.15) is 36.8 Å². The highest BCUT2D eigenvalue weighted by molar-refractivity contribution is 6.04. The van der Waals surface area contributed by atoms with Gasteiger partial charge in [-0.3, -0.25) is 4.79 Å². The predicted molar refractivity (Wildman–Crippen MR) is 91.5 cm³/mol. The number of pyridine rings is 1. The molecule has 1 heterocycles. The molecule has 0 bridgehead atoms. The van der Waals surface area contributed by atoms with Crippen LogP contribution >= 0.6 is 0 Å². The Bertz CT molecular complexity index is 635. The van der Waals surface area contributed by atoms with E-state index in [1.54, 1.807) is 17.2 Å². The Morgan fingerprint density at radius 2 is 2.05 bits per heavy atom. The van der Waals surface area contributed by atoms with E-state index in [2.05, 4.69) is 24.1 Å². The summed E-state index contributed by atoms with van der Waals surface area (Å²) in [5.74, 6) is -0.0794. The number of benzene rings is 1. The maximum absolute atomic E-state index is 12.7. The standard InChI is InChI=1S/C18H23N3O/c1-5-21(16-8-6-7-14(4)11-16)18(22)17-10-9-15(12-19-17)20-13(2)3/h6-13,20H,5H2,1-4H3. The summed E-state index contributed by atoms with van der Waals surface area (Å²) >= 11 is 0. The van der Waals surface area contributed by atoms with Crippen LogP contribution in [0, 0.1) is 6.92 Å². The average molecular weight is 297 g/mol. The molecule has 0 aliphatic rings.